The van der Waals surface area contributed by atoms with Crippen molar-refractivity contribution < 1.29 is 9.21 Å². The van der Waals surface area contributed by atoms with E-state index in [1.807, 2.05) is 6.07 Å². The molecule has 0 fully saturated rings. The van der Waals surface area contributed by atoms with Crippen LogP contribution in [-0.4, -0.2) is 26.4 Å². The quantitative estimate of drug-likeness (QED) is 0.530. The number of hydrogen-bond donors (Lipinski definition) is 1. The fourth-order valence-corrected chi connectivity index (χ4v) is 4.56. The van der Waals surface area contributed by atoms with Crippen molar-refractivity contribution >= 4 is 29.0 Å². The van der Waals surface area contributed by atoms with Gasteiger partial charge in [0.25, 0.3) is 0 Å². The molecule has 144 valence electrons. The Balaban J connectivity index is 1.66. The SMILES string of the molecule is CCCc1cc(-c2nnc(SCC(=O)NCc3ccco3)n2C(C)C)cs1. The summed E-state index contributed by atoms with van der Waals surface area (Å²) in [7, 11) is 0. The van der Waals surface area contributed by atoms with Crippen LogP contribution in [0, 0.1) is 0 Å². The molecule has 3 aromatic heterocycles. The third-order valence-electron chi connectivity index (χ3n) is 3.96. The van der Waals surface area contributed by atoms with Crippen LogP contribution >= 0.6 is 23.1 Å². The zero-order chi connectivity index (χ0) is 19.2. The number of nitrogens with zero attached hydrogens (tertiary/aromatic N) is 3. The highest BCUT2D eigenvalue weighted by Gasteiger charge is 2.18. The Kier molecular flexibility index (Phi) is 6.73. The molecule has 0 radical (unpaired) electrons. The molecule has 1 N–H and O–H groups in total. The first-order valence-electron chi connectivity index (χ1n) is 9.03. The molecule has 0 aliphatic heterocycles. The smallest absolute Gasteiger partial charge is 0.230 e. The second kappa shape index (κ2) is 9.23. The number of rotatable bonds is 9. The second-order valence-electron chi connectivity index (χ2n) is 6.47. The van der Waals surface area contributed by atoms with Gasteiger partial charge in [-0.25, -0.2) is 0 Å². The lowest BCUT2D eigenvalue weighted by atomic mass is 10.2. The molecule has 0 bridgehead atoms. The predicted octanol–water partition coefficient (Wildman–Crippen LogP) is 4.54. The van der Waals surface area contributed by atoms with Crippen LogP contribution in [0.5, 0.6) is 0 Å². The summed E-state index contributed by atoms with van der Waals surface area (Å²) in [5.41, 5.74) is 1.10. The third-order valence-corrected chi connectivity index (χ3v) is 5.90. The van der Waals surface area contributed by atoms with Gasteiger partial charge >= 0.3 is 0 Å². The van der Waals surface area contributed by atoms with E-state index < -0.39 is 0 Å². The molecule has 0 aromatic carbocycles. The van der Waals surface area contributed by atoms with Gasteiger partial charge in [0.15, 0.2) is 11.0 Å². The Morgan fingerprint density at radius 1 is 1.41 bits per heavy atom. The van der Waals surface area contributed by atoms with Crippen LogP contribution in [-0.2, 0) is 17.8 Å². The van der Waals surface area contributed by atoms with Gasteiger partial charge in [0, 0.05) is 21.9 Å². The van der Waals surface area contributed by atoms with Gasteiger partial charge in [0.2, 0.25) is 5.91 Å². The first-order valence-corrected chi connectivity index (χ1v) is 10.9. The normalized spacial score (nSPS) is 11.3. The van der Waals surface area contributed by atoms with Gasteiger partial charge in [-0.3, -0.25) is 9.36 Å². The van der Waals surface area contributed by atoms with Gasteiger partial charge in [0.05, 0.1) is 18.6 Å². The molecule has 0 saturated heterocycles. The molecule has 0 saturated carbocycles. The first-order chi connectivity index (χ1) is 13.1. The third kappa shape index (κ3) is 5.01. The Hall–Kier alpha value is -2.06. The van der Waals surface area contributed by atoms with Crippen LogP contribution in [0.25, 0.3) is 11.4 Å². The maximum absolute atomic E-state index is 12.1. The minimum absolute atomic E-state index is 0.0583. The molecule has 3 heterocycles. The molecule has 27 heavy (non-hydrogen) atoms. The molecule has 6 nitrogen and oxygen atoms in total. The number of carbonyl (C=O) groups excluding carboxylic acids is 1. The number of carbonyl (C=O) groups is 1. The highest BCUT2D eigenvalue weighted by atomic mass is 32.2. The summed E-state index contributed by atoms with van der Waals surface area (Å²) in [4.78, 5) is 13.5. The van der Waals surface area contributed by atoms with Crippen molar-refractivity contribution in [1.29, 1.82) is 0 Å². The fourth-order valence-electron chi connectivity index (χ4n) is 2.69. The van der Waals surface area contributed by atoms with Crippen LogP contribution in [0.3, 0.4) is 0 Å². The zero-order valence-corrected chi connectivity index (χ0v) is 17.4. The van der Waals surface area contributed by atoms with Crippen LogP contribution in [0.1, 0.15) is 43.9 Å². The summed E-state index contributed by atoms with van der Waals surface area (Å²) in [6, 6.07) is 6.04. The molecule has 0 aliphatic carbocycles. The van der Waals surface area contributed by atoms with E-state index in [4.69, 9.17) is 4.42 Å². The summed E-state index contributed by atoms with van der Waals surface area (Å²) < 4.78 is 7.32. The molecule has 0 aliphatic rings. The van der Waals surface area contributed by atoms with E-state index in [0.717, 1.165) is 35.1 Å². The van der Waals surface area contributed by atoms with Gasteiger partial charge < -0.3 is 9.73 Å². The van der Waals surface area contributed by atoms with Gasteiger partial charge in [-0.15, -0.1) is 21.5 Å². The van der Waals surface area contributed by atoms with Gasteiger partial charge in [-0.2, -0.15) is 0 Å². The summed E-state index contributed by atoms with van der Waals surface area (Å²) >= 11 is 3.16. The van der Waals surface area contributed by atoms with E-state index in [1.165, 1.54) is 16.6 Å². The maximum Gasteiger partial charge on any atom is 0.230 e. The molecule has 3 rings (SSSR count). The largest absolute Gasteiger partial charge is 0.467 e. The molecule has 8 heteroatoms. The minimum atomic E-state index is -0.0583. The van der Waals surface area contributed by atoms with E-state index in [2.05, 4.69) is 52.3 Å². The maximum atomic E-state index is 12.1. The lowest BCUT2D eigenvalue weighted by Crippen LogP contribution is -2.24. The topological polar surface area (TPSA) is 73.0 Å². The second-order valence-corrected chi connectivity index (χ2v) is 8.40. The predicted molar refractivity (Wildman–Crippen MR) is 109 cm³/mol. The molecule has 1 amide bonds. The lowest BCUT2D eigenvalue weighted by Gasteiger charge is -2.13. The molecule has 0 spiro atoms. The summed E-state index contributed by atoms with van der Waals surface area (Å²) in [6.45, 7) is 6.78. The lowest BCUT2D eigenvalue weighted by molar-refractivity contribution is -0.118. The van der Waals surface area contributed by atoms with Crippen molar-refractivity contribution in [2.45, 2.75) is 51.4 Å². The van der Waals surface area contributed by atoms with E-state index in [9.17, 15) is 4.79 Å². The zero-order valence-electron chi connectivity index (χ0n) is 15.8. The molecular weight excluding hydrogens is 380 g/mol. The minimum Gasteiger partial charge on any atom is -0.467 e. The number of aryl methyl sites for hydroxylation is 1. The molecule has 0 atom stereocenters. The number of hydrogen-bond acceptors (Lipinski definition) is 6. The monoisotopic (exact) mass is 404 g/mol. The average molecular weight is 405 g/mol. The summed E-state index contributed by atoms with van der Waals surface area (Å²) in [6.07, 6.45) is 3.81. The Bertz CT molecular complexity index is 868. The van der Waals surface area contributed by atoms with Crippen LogP contribution in [0.2, 0.25) is 0 Å². The van der Waals surface area contributed by atoms with Gasteiger partial charge in [-0.05, 0) is 38.5 Å². The van der Waals surface area contributed by atoms with Gasteiger partial charge in [-0.1, -0.05) is 25.1 Å². The van der Waals surface area contributed by atoms with Crippen molar-refractivity contribution in [2.75, 3.05) is 5.75 Å². The molecule has 3 aromatic rings. The molecular formula is C19H24N4O2S2. The Labute approximate surface area is 167 Å². The number of amides is 1. The van der Waals surface area contributed by atoms with E-state index in [1.54, 1.807) is 23.7 Å². The molecule has 0 unspecified atom stereocenters. The van der Waals surface area contributed by atoms with Crippen LogP contribution in [0.15, 0.2) is 39.4 Å². The van der Waals surface area contributed by atoms with E-state index in [0.29, 0.717) is 6.54 Å². The Morgan fingerprint density at radius 2 is 2.26 bits per heavy atom. The van der Waals surface area contributed by atoms with E-state index >= 15 is 0 Å². The standard InChI is InChI=1S/C19H24N4O2S2/c1-4-6-16-9-14(11-26-16)18-21-22-19(23(18)13(2)3)27-12-17(24)20-10-15-7-5-8-25-15/h5,7-9,11,13H,4,6,10,12H2,1-3H3,(H,20,24). The number of thioether (sulfide) groups is 1. The highest BCUT2D eigenvalue weighted by Crippen LogP contribution is 2.30. The highest BCUT2D eigenvalue weighted by molar-refractivity contribution is 7.99. The number of thiophene rings is 1. The van der Waals surface area contributed by atoms with E-state index in [-0.39, 0.29) is 17.7 Å². The summed E-state index contributed by atoms with van der Waals surface area (Å²) in [5.74, 6) is 1.83. The first kappa shape index (κ1) is 19.7. The van der Waals surface area contributed by atoms with Crippen molar-refractivity contribution in [1.82, 2.24) is 20.1 Å². The van der Waals surface area contributed by atoms with Crippen molar-refractivity contribution in [2.24, 2.45) is 0 Å². The van der Waals surface area contributed by atoms with Gasteiger partial charge in [0.1, 0.15) is 5.76 Å². The van der Waals surface area contributed by atoms with Crippen molar-refractivity contribution in [3.63, 3.8) is 0 Å². The van der Waals surface area contributed by atoms with Crippen molar-refractivity contribution in [3.8, 4) is 11.4 Å². The van der Waals surface area contributed by atoms with Crippen molar-refractivity contribution in [3.05, 3.63) is 40.5 Å². The fraction of sp³-hybridized carbons (Fsp3) is 0.421. The number of aromatic nitrogens is 3. The van der Waals surface area contributed by atoms with Crippen LogP contribution in [0.4, 0.5) is 0 Å². The average Bonchev–Trinajstić information content (AvgIpc) is 3.38. The van der Waals surface area contributed by atoms with Crippen LogP contribution < -0.4 is 5.32 Å². The Morgan fingerprint density at radius 3 is 2.96 bits per heavy atom. The number of nitrogens with one attached hydrogen (secondary N) is 1. The number of furan rings is 1. The summed E-state index contributed by atoms with van der Waals surface area (Å²) in [5, 5.41) is 14.5.